The van der Waals surface area contributed by atoms with Gasteiger partial charge in [-0.1, -0.05) is 39.0 Å². The minimum absolute atomic E-state index is 0.0440. The summed E-state index contributed by atoms with van der Waals surface area (Å²) >= 11 is 5.45. The van der Waals surface area contributed by atoms with Crippen molar-refractivity contribution in [1.29, 1.82) is 15.8 Å². The maximum Gasteiger partial charge on any atom is 0.178 e. The fourth-order valence-corrected chi connectivity index (χ4v) is 2.33. The third-order valence-corrected chi connectivity index (χ3v) is 5.39. The molecule has 0 unspecified atom stereocenters. The minimum Gasteiger partial charge on any atom is -0.387 e. The van der Waals surface area contributed by atoms with Gasteiger partial charge in [0.05, 0.1) is 35.5 Å². The van der Waals surface area contributed by atoms with Gasteiger partial charge < -0.3 is 27.4 Å². The first-order valence-corrected chi connectivity index (χ1v) is 13.6. The van der Waals surface area contributed by atoms with E-state index < -0.39 is 11.2 Å². The average molecular weight is 647 g/mol. The van der Waals surface area contributed by atoms with Crippen molar-refractivity contribution in [2.24, 2.45) is 0 Å². The summed E-state index contributed by atoms with van der Waals surface area (Å²) in [5, 5.41) is 43.9. The highest BCUT2D eigenvalue weighted by molar-refractivity contribution is 6.30. The van der Waals surface area contributed by atoms with Crippen LogP contribution in [0.5, 0.6) is 0 Å². The molecule has 2 radical (unpaired) electrons. The van der Waals surface area contributed by atoms with Crippen LogP contribution in [0.1, 0.15) is 89.8 Å². The molecule has 242 valence electrons. The Bertz CT molecular complexity index is 1580. The van der Waals surface area contributed by atoms with Crippen molar-refractivity contribution in [3.05, 3.63) is 70.8 Å². The lowest BCUT2D eigenvalue weighted by atomic mass is 9.90. The van der Waals surface area contributed by atoms with Crippen LogP contribution >= 0.6 is 11.6 Å². The number of hydrogen-bond donors (Lipinski definition) is 5. The second-order valence-corrected chi connectivity index (χ2v) is 11.0. The molecule has 0 aromatic carbocycles. The molecule has 0 spiro atoms. The van der Waals surface area contributed by atoms with Gasteiger partial charge in [-0.15, -0.1) is 12.1 Å². The van der Waals surface area contributed by atoms with Gasteiger partial charge in [0.25, 0.3) is 0 Å². The topological polar surface area (TPSA) is 267 Å². The Morgan fingerprint density at radius 1 is 0.783 bits per heavy atom. The molecule has 3 aromatic heterocycles. The van der Waals surface area contributed by atoms with Crippen LogP contribution < -0.4 is 17.2 Å². The van der Waals surface area contributed by atoms with Gasteiger partial charge in [0.2, 0.25) is 0 Å². The molecule has 0 aliphatic rings. The predicted molar refractivity (Wildman–Crippen MR) is 180 cm³/mol. The molecule has 16 heteroatoms. The van der Waals surface area contributed by atoms with Crippen molar-refractivity contribution in [3.63, 3.8) is 0 Å². The van der Waals surface area contributed by atoms with Crippen molar-refractivity contribution in [1.82, 2.24) is 29.9 Å². The molecule has 0 atom stereocenters. The predicted octanol–water partition coefficient (Wildman–Crippen LogP) is 3.82. The molecular weight excluding hydrogens is 607 g/mol. The molecule has 3 aromatic rings. The number of aromatic nitrogens is 6. The molecular formula is C30H40BClN12O2. The second kappa shape index (κ2) is 20.0. The van der Waals surface area contributed by atoms with E-state index in [1.807, 2.05) is 26.0 Å². The second-order valence-electron chi connectivity index (χ2n) is 10.7. The van der Waals surface area contributed by atoms with Crippen LogP contribution in [-0.4, -0.2) is 59.2 Å². The summed E-state index contributed by atoms with van der Waals surface area (Å²) in [5.41, 5.74) is 17.2. The summed E-state index contributed by atoms with van der Waals surface area (Å²) in [6, 6.07) is 5.65. The van der Waals surface area contributed by atoms with Gasteiger partial charge in [-0.05, 0) is 46.1 Å². The van der Waals surface area contributed by atoms with E-state index in [9.17, 15) is 0 Å². The van der Waals surface area contributed by atoms with E-state index >= 15 is 0 Å². The molecule has 0 aliphatic heterocycles. The SMILES string of the molecule is C=C(C)c1nc(N)cnc1C#N.CC(C)(O)C(C)(C)O.CC(C)c1nc(N)cnc1C#N.N#Cc1ncc(N)nc1Cl.[B]C(=C)C. The molecule has 8 N–H and O–H groups in total. The molecule has 0 saturated carbocycles. The summed E-state index contributed by atoms with van der Waals surface area (Å²) in [4.78, 5) is 22.9. The number of allylic oxidation sites excluding steroid dienone is 2. The smallest absolute Gasteiger partial charge is 0.178 e. The molecule has 0 aliphatic carbocycles. The first kappa shape index (κ1) is 43.0. The Labute approximate surface area is 276 Å². The highest BCUT2D eigenvalue weighted by Crippen LogP contribution is 2.19. The van der Waals surface area contributed by atoms with E-state index in [-0.39, 0.29) is 28.3 Å². The van der Waals surface area contributed by atoms with E-state index in [0.717, 1.165) is 0 Å². The molecule has 0 amide bonds. The van der Waals surface area contributed by atoms with Crippen LogP contribution in [0, 0.1) is 34.0 Å². The van der Waals surface area contributed by atoms with Crippen LogP contribution in [0.2, 0.25) is 5.15 Å². The summed E-state index contributed by atoms with van der Waals surface area (Å²) in [6.45, 7) is 20.7. The minimum atomic E-state index is -1.01. The van der Waals surface area contributed by atoms with Gasteiger partial charge in [0, 0.05) is 0 Å². The average Bonchev–Trinajstić information content (AvgIpc) is 2.92. The first-order chi connectivity index (χ1) is 21.0. The summed E-state index contributed by atoms with van der Waals surface area (Å²) < 4.78 is 0. The van der Waals surface area contributed by atoms with Crippen LogP contribution in [0.4, 0.5) is 17.5 Å². The number of nitrogens with two attached hydrogens (primary N) is 3. The Hall–Kier alpha value is -5.14. The van der Waals surface area contributed by atoms with E-state index in [2.05, 4.69) is 43.1 Å². The van der Waals surface area contributed by atoms with Gasteiger partial charge in [-0.3, -0.25) is 0 Å². The number of nitrogens with zero attached hydrogens (tertiary/aromatic N) is 9. The lowest BCUT2D eigenvalue weighted by molar-refractivity contribution is -0.107. The van der Waals surface area contributed by atoms with Gasteiger partial charge in [-0.25, -0.2) is 29.9 Å². The highest BCUT2D eigenvalue weighted by Gasteiger charge is 2.31. The largest absolute Gasteiger partial charge is 0.387 e. The number of nitriles is 3. The van der Waals surface area contributed by atoms with Gasteiger partial charge in [0.15, 0.2) is 22.2 Å². The van der Waals surface area contributed by atoms with E-state index in [0.29, 0.717) is 39.8 Å². The summed E-state index contributed by atoms with van der Waals surface area (Å²) in [5.74, 6) is 1.05. The number of anilines is 3. The van der Waals surface area contributed by atoms with Crippen molar-refractivity contribution < 1.29 is 10.2 Å². The van der Waals surface area contributed by atoms with Crippen molar-refractivity contribution >= 4 is 42.5 Å². The summed E-state index contributed by atoms with van der Waals surface area (Å²) in [6.07, 6.45) is 4.03. The fourth-order valence-electron chi connectivity index (χ4n) is 2.14. The third kappa shape index (κ3) is 17.2. The van der Waals surface area contributed by atoms with Crippen molar-refractivity contribution in [2.75, 3.05) is 17.2 Å². The van der Waals surface area contributed by atoms with Crippen LogP contribution in [-0.2, 0) is 0 Å². The van der Waals surface area contributed by atoms with Crippen LogP contribution in [0.25, 0.3) is 5.57 Å². The number of halogens is 1. The molecule has 14 nitrogen and oxygen atoms in total. The first-order valence-electron chi connectivity index (χ1n) is 13.3. The molecule has 0 saturated heterocycles. The normalized spacial score (nSPS) is 9.85. The Kier molecular flexibility index (Phi) is 18.7. The maximum absolute atomic E-state index is 9.10. The van der Waals surface area contributed by atoms with Gasteiger partial charge in [0.1, 0.15) is 49.2 Å². The van der Waals surface area contributed by atoms with Gasteiger partial charge in [-0.2, -0.15) is 15.8 Å². The quantitative estimate of drug-likeness (QED) is 0.253. The standard InChI is InChI=1S/C8H10N4.C8H8N4.C6H14O2.C5H3ClN4.C3H5B/c2*1-5(2)8-6(3-9)11-4-7(10)12-8;1-5(2,7)6(3,4)8;6-5-3(1-7)9-2-4(8)10-5;1-3(2)4/h4-5H,1-2H3,(H2,10,12);4H,1H2,2H3,(H2,10,12);7-8H,1-4H3;2H,(H2,8,10);1H2,2H3. The molecule has 3 heterocycles. The molecule has 3 rings (SSSR count). The zero-order chi connectivity index (χ0) is 36.4. The Balaban J connectivity index is 0. The zero-order valence-electron chi connectivity index (χ0n) is 27.3. The lowest BCUT2D eigenvalue weighted by Crippen LogP contribution is -2.44. The molecule has 0 bridgehead atoms. The highest BCUT2D eigenvalue weighted by atomic mass is 35.5. The number of nitrogen functional groups attached to an aromatic ring is 3. The van der Waals surface area contributed by atoms with Gasteiger partial charge >= 0.3 is 0 Å². The molecule has 46 heavy (non-hydrogen) atoms. The van der Waals surface area contributed by atoms with Crippen molar-refractivity contribution in [3.8, 4) is 18.2 Å². The Morgan fingerprint density at radius 2 is 1.13 bits per heavy atom. The zero-order valence-corrected chi connectivity index (χ0v) is 28.1. The Morgan fingerprint density at radius 3 is 1.46 bits per heavy atom. The van der Waals surface area contributed by atoms with E-state index in [1.165, 1.54) is 18.6 Å². The third-order valence-electron chi connectivity index (χ3n) is 5.12. The number of hydrogen-bond acceptors (Lipinski definition) is 14. The summed E-state index contributed by atoms with van der Waals surface area (Å²) in [7, 11) is 4.92. The maximum atomic E-state index is 9.10. The molecule has 0 fully saturated rings. The van der Waals surface area contributed by atoms with Crippen molar-refractivity contribution in [2.45, 2.75) is 72.5 Å². The van der Waals surface area contributed by atoms with Crippen LogP contribution in [0.3, 0.4) is 0 Å². The van der Waals surface area contributed by atoms with E-state index in [1.54, 1.807) is 47.6 Å². The fraction of sp³-hybridized carbons (Fsp3) is 0.367. The van der Waals surface area contributed by atoms with Crippen LogP contribution in [0.15, 0.2) is 37.2 Å². The number of aliphatic hydroxyl groups is 2. The number of rotatable bonds is 3. The lowest BCUT2D eigenvalue weighted by Gasteiger charge is -2.31. The van der Waals surface area contributed by atoms with E-state index in [4.69, 9.17) is 62.6 Å². The monoisotopic (exact) mass is 646 g/mol.